The molecule has 1 aliphatic heterocycles. The smallest absolute Gasteiger partial charge is 0.351 e. The number of carbonyl (C=O) groups is 3. The molecule has 0 bridgehead atoms. The summed E-state index contributed by atoms with van der Waals surface area (Å²) >= 11 is 0. The van der Waals surface area contributed by atoms with Gasteiger partial charge in [-0.05, 0) is 49.4 Å². The van der Waals surface area contributed by atoms with E-state index in [2.05, 4.69) is 21.3 Å². The SMILES string of the molecule is CC(C)C[C@H](NC(=O)[C@@H]1CCCC[C@@H]1NC(=O)c1ccc(C#N)cc1)C(=O)C1=NN[NH+]([O-])O1. The van der Waals surface area contributed by atoms with Crippen LogP contribution in [0.2, 0.25) is 0 Å². The second kappa shape index (κ2) is 10.9. The highest BCUT2D eigenvalue weighted by Crippen LogP contribution is 2.25. The third-order valence-corrected chi connectivity index (χ3v) is 5.68. The van der Waals surface area contributed by atoms with Gasteiger partial charge in [-0.25, -0.2) is 0 Å². The minimum absolute atomic E-state index is 0.0863. The van der Waals surface area contributed by atoms with Crippen LogP contribution in [0.25, 0.3) is 0 Å². The number of amides is 2. The van der Waals surface area contributed by atoms with Gasteiger partial charge in [0.05, 0.1) is 23.6 Å². The molecule has 2 aliphatic rings. The van der Waals surface area contributed by atoms with E-state index in [9.17, 15) is 19.6 Å². The van der Waals surface area contributed by atoms with Crippen LogP contribution in [0, 0.1) is 28.4 Å². The molecule has 0 spiro atoms. The third kappa shape index (κ3) is 6.27. The molecule has 1 aromatic carbocycles. The third-order valence-electron chi connectivity index (χ3n) is 5.68. The van der Waals surface area contributed by atoms with Crippen molar-refractivity contribution in [1.82, 2.24) is 16.2 Å². The van der Waals surface area contributed by atoms with E-state index in [0.717, 1.165) is 12.8 Å². The lowest BCUT2D eigenvalue weighted by Gasteiger charge is -2.32. The lowest BCUT2D eigenvalue weighted by Crippen LogP contribution is -3.10. The Morgan fingerprint density at radius 2 is 1.97 bits per heavy atom. The van der Waals surface area contributed by atoms with Gasteiger partial charge in [0.1, 0.15) is 0 Å². The average molecular weight is 457 g/mol. The highest BCUT2D eigenvalue weighted by atomic mass is 16.9. The molecule has 0 radical (unpaired) electrons. The number of hydrogen-bond acceptors (Lipinski definition) is 8. The Morgan fingerprint density at radius 3 is 2.58 bits per heavy atom. The molecule has 1 fully saturated rings. The summed E-state index contributed by atoms with van der Waals surface area (Å²) in [6.07, 6.45) is 3.25. The van der Waals surface area contributed by atoms with Crippen LogP contribution < -0.4 is 21.5 Å². The number of benzene rings is 1. The van der Waals surface area contributed by atoms with E-state index in [1.54, 1.807) is 24.3 Å². The standard InChI is InChI=1S/C22H28N6O5/c1-13(2)11-18(19(29)22-26-27-28(32)33-22)25-21(31)16-5-3-4-6-17(16)24-20(30)15-9-7-14(12-23)8-10-15/h7-10,13,16-18,27-28H,3-6,11H2,1-2H3,(H,24,30)(H,25,31)/t16-,17+,18+/m1/s1. The molecule has 176 valence electrons. The first kappa shape index (κ1) is 24.2. The Hall–Kier alpha value is -3.49. The number of rotatable bonds is 8. The van der Waals surface area contributed by atoms with Gasteiger partial charge in [-0.15, -0.1) is 5.53 Å². The van der Waals surface area contributed by atoms with Crippen LogP contribution in [-0.2, 0) is 14.4 Å². The van der Waals surface area contributed by atoms with Gasteiger partial charge in [-0.3, -0.25) is 19.2 Å². The van der Waals surface area contributed by atoms with Gasteiger partial charge in [0.15, 0.2) is 0 Å². The number of hydrazone groups is 1. The molecule has 11 nitrogen and oxygen atoms in total. The molecule has 1 aromatic rings. The number of ketones is 1. The van der Waals surface area contributed by atoms with Crippen molar-refractivity contribution in [1.29, 1.82) is 5.26 Å². The van der Waals surface area contributed by atoms with Crippen LogP contribution in [0.4, 0.5) is 0 Å². The minimum Gasteiger partial charge on any atom is -0.564 e. The number of carbonyl (C=O) groups excluding carboxylic acids is 3. The van der Waals surface area contributed by atoms with Gasteiger partial charge >= 0.3 is 5.90 Å². The molecular weight excluding hydrogens is 428 g/mol. The topological polar surface area (TPSA) is 160 Å². The maximum atomic E-state index is 13.2. The molecule has 1 heterocycles. The molecule has 4 N–H and O–H groups in total. The van der Waals surface area contributed by atoms with E-state index >= 15 is 0 Å². The van der Waals surface area contributed by atoms with Crippen LogP contribution in [0.3, 0.4) is 0 Å². The first-order chi connectivity index (χ1) is 15.8. The summed E-state index contributed by atoms with van der Waals surface area (Å²) in [6, 6.07) is 6.99. The monoisotopic (exact) mass is 456 g/mol. The minimum atomic E-state index is -0.902. The van der Waals surface area contributed by atoms with Gasteiger partial charge in [-0.2, -0.15) is 5.26 Å². The molecule has 1 saturated carbocycles. The van der Waals surface area contributed by atoms with Crippen molar-refractivity contribution >= 4 is 23.5 Å². The number of quaternary nitrogens is 1. The molecule has 0 saturated heterocycles. The molecule has 2 amide bonds. The number of nitrogens with zero attached hydrogens (tertiary/aromatic N) is 2. The molecular formula is C22H28N6O5. The number of nitrogens with one attached hydrogen (secondary N) is 4. The molecule has 0 aromatic heterocycles. The van der Waals surface area contributed by atoms with E-state index in [0.29, 0.717) is 30.4 Å². The molecule has 1 unspecified atom stereocenters. The normalized spacial score (nSPS) is 22.9. The van der Waals surface area contributed by atoms with E-state index in [1.807, 2.05) is 19.9 Å². The second-order valence-corrected chi connectivity index (χ2v) is 8.63. The largest absolute Gasteiger partial charge is 0.564 e. The summed E-state index contributed by atoms with van der Waals surface area (Å²) in [5.41, 5.74) is 2.91. The zero-order valence-corrected chi connectivity index (χ0v) is 18.6. The van der Waals surface area contributed by atoms with Crippen LogP contribution in [-0.4, -0.2) is 35.6 Å². The Kier molecular flexibility index (Phi) is 7.97. The van der Waals surface area contributed by atoms with Gasteiger partial charge in [0.25, 0.3) is 5.91 Å². The molecule has 1 aliphatic carbocycles. The first-order valence-corrected chi connectivity index (χ1v) is 11.0. The quantitative estimate of drug-likeness (QED) is 0.403. The number of hydrogen-bond donors (Lipinski definition) is 4. The zero-order valence-electron chi connectivity index (χ0n) is 18.6. The predicted octanol–water partition coefficient (Wildman–Crippen LogP) is 0.0929. The Labute approximate surface area is 191 Å². The maximum absolute atomic E-state index is 13.2. The fourth-order valence-electron chi connectivity index (χ4n) is 4.03. The van der Waals surface area contributed by atoms with E-state index in [1.165, 1.54) is 0 Å². The van der Waals surface area contributed by atoms with Crippen LogP contribution in [0.5, 0.6) is 0 Å². The number of Topliss-reactive ketones (excluding diaryl/α,β-unsaturated/α-hetero) is 1. The molecule has 33 heavy (non-hydrogen) atoms. The number of nitriles is 1. The fourth-order valence-corrected chi connectivity index (χ4v) is 4.03. The van der Waals surface area contributed by atoms with Crippen molar-refractivity contribution in [2.75, 3.05) is 0 Å². The lowest BCUT2D eigenvalue weighted by molar-refractivity contribution is -1.06. The van der Waals surface area contributed by atoms with E-state index in [-0.39, 0.29) is 29.7 Å². The van der Waals surface area contributed by atoms with Gasteiger partial charge in [-0.1, -0.05) is 37.1 Å². The van der Waals surface area contributed by atoms with Crippen molar-refractivity contribution in [3.63, 3.8) is 0 Å². The second-order valence-electron chi connectivity index (χ2n) is 8.63. The maximum Gasteiger partial charge on any atom is 0.351 e. The summed E-state index contributed by atoms with van der Waals surface area (Å²) in [7, 11) is 0. The first-order valence-electron chi connectivity index (χ1n) is 11.0. The Balaban J connectivity index is 1.68. The summed E-state index contributed by atoms with van der Waals surface area (Å²) in [5, 5.41) is 28.6. The van der Waals surface area contributed by atoms with Gasteiger partial charge in [0.2, 0.25) is 11.7 Å². The van der Waals surface area contributed by atoms with E-state index < -0.39 is 23.1 Å². The van der Waals surface area contributed by atoms with Gasteiger partial charge in [0, 0.05) is 11.6 Å². The van der Waals surface area contributed by atoms with Crippen molar-refractivity contribution in [3.8, 4) is 6.07 Å². The summed E-state index contributed by atoms with van der Waals surface area (Å²) in [6.45, 7) is 3.82. The predicted molar refractivity (Wildman–Crippen MR) is 117 cm³/mol. The lowest BCUT2D eigenvalue weighted by atomic mass is 9.83. The Morgan fingerprint density at radius 1 is 1.27 bits per heavy atom. The zero-order chi connectivity index (χ0) is 24.0. The van der Waals surface area contributed by atoms with Crippen LogP contribution in [0.15, 0.2) is 29.4 Å². The molecule has 11 heteroatoms. The van der Waals surface area contributed by atoms with Crippen LogP contribution in [0.1, 0.15) is 61.9 Å². The summed E-state index contributed by atoms with van der Waals surface area (Å²) < 4.78 is 0. The molecule has 3 rings (SSSR count). The average Bonchev–Trinajstić information content (AvgIpc) is 3.24. The van der Waals surface area contributed by atoms with Crippen molar-refractivity contribution < 1.29 is 24.6 Å². The van der Waals surface area contributed by atoms with Crippen molar-refractivity contribution in [3.05, 3.63) is 40.6 Å². The van der Waals surface area contributed by atoms with Crippen molar-refractivity contribution in [2.45, 2.75) is 58.0 Å². The summed E-state index contributed by atoms with van der Waals surface area (Å²) in [4.78, 5) is 43.4. The fraction of sp³-hybridized carbons (Fsp3) is 0.500. The van der Waals surface area contributed by atoms with Crippen LogP contribution >= 0.6 is 0 Å². The van der Waals surface area contributed by atoms with Gasteiger partial charge < -0.3 is 15.8 Å². The summed E-state index contributed by atoms with van der Waals surface area (Å²) in [5.74, 6) is -2.03. The Bertz CT molecular complexity index is 955. The highest BCUT2D eigenvalue weighted by Gasteiger charge is 2.37. The highest BCUT2D eigenvalue weighted by molar-refractivity contribution is 6.38. The van der Waals surface area contributed by atoms with E-state index in [4.69, 9.17) is 10.1 Å². The molecule has 4 atom stereocenters. The van der Waals surface area contributed by atoms with Crippen molar-refractivity contribution in [2.24, 2.45) is 16.9 Å².